The number of rotatable bonds is 5. The maximum Gasteiger partial charge on any atom is 0.238 e. The number of nitrogens with one attached hydrogen (secondary N) is 1. The van der Waals surface area contributed by atoms with Gasteiger partial charge in [0.25, 0.3) is 0 Å². The van der Waals surface area contributed by atoms with Crippen LogP contribution in [0.2, 0.25) is 5.02 Å². The maximum absolute atomic E-state index is 12.4. The molecule has 0 spiro atoms. The lowest BCUT2D eigenvalue weighted by atomic mass is 10.1. The molecule has 1 unspecified atom stereocenters. The van der Waals surface area contributed by atoms with Crippen LogP contribution < -0.4 is 5.32 Å². The fourth-order valence-electron chi connectivity index (χ4n) is 2.36. The summed E-state index contributed by atoms with van der Waals surface area (Å²) in [5.74, 6) is -0.0661. The largest absolute Gasteiger partial charge is 0.323 e. The van der Waals surface area contributed by atoms with E-state index in [0.29, 0.717) is 5.02 Å². The molecule has 128 valence electrons. The summed E-state index contributed by atoms with van der Waals surface area (Å²) in [7, 11) is 1.93. The summed E-state index contributed by atoms with van der Waals surface area (Å²) in [4.78, 5) is 14.4. The smallest absolute Gasteiger partial charge is 0.238 e. The van der Waals surface area contributed by atoms with E-state index in [2.05, 4.69) is 44.1 Å². The Hall–Kier alpha value is -0.880. The monoisotopic (exact) mass is 472 g/mol. The van der Waals surface area contributed by atoms with E-state index >= 15 is 0 Å². The van der Waals surface area contributed by atoms with Gasteiger partial charge < -0.3 is 5.32 Å². The first kappa shape index (κ1) is 19.4. The van der Waals surface area contributed by atoms with Crippen molar-refractivity contribution < 1.29 is 4.79 Å². The Morgan fingerprint density at radius 2 is 1.75 bits per heavy atom. The molecule has 3 nitrogen and oxygen atoms in total. The predicted octanol–water partition coefficient (Wildman–Crippen LogP) is 5.80. The molecule has 0 aliphatic rings. The van der Waals surface area contributed by atoms with Gasteiger partial charge in [-0.15, -0.1) is 0 Å². The quantitative estimate of drug-likeness (QED) is 0.594. The van der Waals surface area contributed by atoms with E-state index in [1.807, 2.05) is 55.3 Å². The lowest BCUT2D eigenvalue weighted by molar-refractivity contribution is -0.117. The van der Waals surface area contributed by atoms with E-state index in [9.17, 15) is 4.79 Å². The molecule has 0 radical (unpaired) electrons. The number of hydrogen-bond donors (Lipinski definition) is 1. The molecule has 2 aromatic rings. The predicted molar refractivity (Wildman–Crippen MR) is 108 cm³/mol. The zero-order valence-electron chi connectivity index (χ0n) is 13.7. The molecule has 1 atom stereocenters. The number of nitrogens with zero attached hydrogens (tertiary/aromatic N) is 1. The highest BCUT2D eigenvalue weighted by Gasteiger charge is 2.16. The summed E-state index contributed by atoms with van der Waals surface area (Å²) in [5.41, 5.74) is 2.98. The number of carbonyl (C=O) groups excluding carboxylic acids is 1. The Morgan fingerprint density at radius 3 is 2.29 bits per heavy atom. The normalized spacial score (nSPS) is 12.3. The number of amides is 1. The van der Waals surface area contributed by atoms with E-state index in [-0.39, 0.29) is 18.5 Å². The number of hydrogen-bond acceptors (Lipinski definition) is 2. The van der Waals surface area contributed by atoms with Crippen LogP contribution in [0.5, 0.6) is 0 Å². The SMILES string of the molecule is Cc1cc(Br)c(NC(=O)CN(C)C(C)c2ccc(Cl)cc2)c(Br)c1. The molecule has 0 aliphatic heterocycles. The molecule has 0 saturated carbocycles. The number of halogens is 3. The molecule has 0 aliphatic carbocycles. The van der Waals surface area contributed by atoms with E-state index in [1.165, 1.54) is 0 Å². The summed E-state index contributed by atoms with van der Waals surface area (Å²) in [5, 5.41) is 3.67. The number of likely N-dealkylation sites (N-methyl/N-ethyl adjacent to an activating group) is 1. The molecule has 1 N–H and O–H groups in total. The summed E-state index contributed by atoms with van der Waals surface area (Å²) >= 11 is 12.9. The Morgan fingerprint density at radius 1 is 1.21 bits per heavy atom. The topological polar surface area (TPSA) is 32.3 Å². The Balaban J connectivity index is 2.03. The number of carbonyl (C=O) groups is 1. The standard InChI is InChI=1S/C18H19Br2ClN2O/c1-11-8-15(19)18(16(20)9-11)22-17(24)10-23(3)12(2)13-4-6-14(21)7-5-13/h4-9,12H,10H2,1-3H3,(H,22,24). The zero-order chi connectivity index (χ0) is 17.9. The van der Waals surface area contributed by atoms with Crippen molar-refractivity contribution in [1.82, 2.24) is 4.90 Å². The molecule has 0 saturated heterocycles. The van der Waals surface area contributed by atoms with Crippen LogP contribution in [0.3, 0.4) is 0 Å². The first-order chi connectivity index (χ1) is 11.3. The highest BCUT2D eigenvalue weighted by Crippen LogP contribution is 2.32. The summed E-state index contributed by atoms with van der Waals surface area (Å²) in [6.07, 6.45) is 0. The fraction of sp³-hybridized carbons (Fsp3) is 0.278. The van der Waals surface area contributed by atoms with E-state index < -0.39 is 0 Å². The second-order valence-corrected chi connectivity index (χ2v) is 7.94. The second-order valence-electron chi connectivity index (χ2n) is 5.79. The van der Waals surface area contributed by atoms with Crippen molar-refractivity contribution in [3.63, 3.8) is 0 Å². The van der Waals surface area contributed by atoms with Crippen molar-refractivity contribution >= 4 is 55.1 Å². The van der Waals surface area contributed by atoms with Crippen molar-refractivity contribution in [2.45, 2.75) is 19.9 Å². The third-order valence-corrected chi connectivity index (χ3v) is 5.36. The minimum atomic E-state index is -0.0661. The van der Waals surface area contributed by atoms with Gasteiger partial charge in [0.2, 0.25) is 5.91 Å². The highest BCUT2D eigenvalue weighted by atomic mass is 79.9. The van der Waals surface area contributed by atoms with E-state index in [1.54, 1.807) is 0 Å². The molecule has 0 heterocycles. The van der Waals surface area contributed by atoms with Gasteiger partial charge >= 0.3 is 0 Å². The van der Waals surface area contributed by atoms with Gasteiger partial charge in [-0.25, -0.2) is 0 Å². The second kappa shape index (κ2) is 8.48. The third kappa shape index (κ3) is 5.06. The van der Waals surface area contributed by atoms with Crippen molar-refractivity contribution in [2.75, 3.05) is 18.9 Å². The molecule has 2 aromatic carbocycles. The van der Waals surface area contributed by atoms with E-state index in [0.717, 1.165) is 25.8 Å². The fourth-order valence-corrected chi connectivity index (χ4v) is 4.10. The van der Waals surface area contributed by atoms with Crippen LogP contribution in [-0.4, -0.2) is 24.4 Å². The van der Waals surface area contributed by atoms with Gasteiger partial charge in [-0.3, -0.25) is 9.69 Å². The molecule has 0 fully saturated rings. The van der Waals surface area contributed by atoms with Gasteiger partial charge in [0.05, 0.1) is 12.2 Å². The van der Waals surface area contributed by atoms with Gasteiger partial charge in [0.1, 0.15) is 0 Å². The van der Waals surface area contributed by atoms with Crippen molar-refractivity contribution in [3.05, 3.63) is 61.5 Å². The molecule has 6 heteroatoms. The third-order valence-electron chi connectivity index (χ3n) is 3.86. The number of anilines is 1. The van der Waals surface area contributed by atoms with Crippen LogP contribution in [0, 0.1) is 6.92 Å². The van der Waals surface area contributed by atoms with Gasteiger partial charge in [0, 0.05) is 20.0 Å². The summed E-state index contributed by atoms with van der Waals surface area (Å²) in [6.45, 7) is 4.35. The first-order valence-corrected chi connectivity index (χ1v) is 9.45. The van der Waals surface area contributed by atoms with Crippen molar-refractivity contribution in [2.24, 2.45) is 0 Å². The molecular weight excluding hydrogens is 455 g/mol. The molecule has 1 amide bonds. The van der Waals surface area contributed by atoms with Crippen LogP contribution in [0.15, 0.2) is 45.3 Å². The van der Waals surface area contributed by atoms with Crippen LogP contribution in [0.1, 0.15) is 24.1 Å². The Kier molecular flexibility index (Phi) is 6.87. The van der Waals surface area contributed by atoms with Gasteiger partial charge in [0.15, 0.2) is 0 Å². The average molecular weight is 475 g/mol. The zero-order valence-corrected chi connectivity index (χ0v) is 17.7. The van der Waals surface area contributed by atoms with E-state index in [4.69, 9.17) is 11.6 Å². The van der Waals surface area contributed by atoms with Crippen LogP contribution in [0.4, 0.5) is 5.69 Å². The van der Waals surface area contributed by atoms with Crippen LogP contribution >= 0.6 is 43.5 Å². The number of aryl methyl sites for hydroxylation is 1. The molecule has 24 heavy (non-hydrogen) atoms. The first-order valence-electron chi connectivity index (χ1n) is 7.49. The minimum Gasteiger partial charge on any atom is -0.323 e. The molecular formula is C18H19Br2ClN2O. The average Bonchev–Trinajstić information content (AvgIpc) is 2.50. The summed E-state index contributed by atoms with van der Waals surface area (Å²) < 4.78 is 1.72. The summed E-state index contributed by atoms with van der Waals surface area (Å²) in [6, 6.07) is 11.7. The molecule has 0 bridgehead atoms. The number of benzene rings is 2. The lowest BCUT2D eigenvalue weighted by Gasteiger charge is -2.24. The lowest BCUT2D eigenvalue weighted by Crippen LogP contribution is -2.32. The van der Waals surface area contributed by atoms with Crippen LogP contribution in [0.25, 0.3) is 0 Å². The van der Waals surface area contributed by atoms with Crippen molar-refractivity contribution in [1.29, 1.82) is 0 Å². The molecule has 2 rings (SSSR count). The van der Waals surface area contributed by atoms with Gasteiger partial charge in [-0.2, -0.15) is 0 Å². The minimum absolute atomic E-state index is 0.0661. The van der Waals surface area contributed by atoms with Crippen LogP contribution in [-0.2, 0) is 4.79 Å². The highest BCUT2D eigenvalue weighted by molar-refractivity contribution is 9.11. The maximum atomic E-state index is 12.4. The van der Waals surface area contributed by atoms with Gasteiger partial charge in [-0.1, -0.05) is 23.7 Å². The Bertz CT molecular complexity index is 711. The Labute approximate surface area is 164 Å². The molecule has 0 aromatic heterocycles. The van der Waals surface area contributed by atoms with Gasteiger partial charge in [-0.05, 0) is 88.1 Å². The van der Waals surface area contributed by atoms with Crippen molar-refractivity contribution in [3.8, 4) is 0 Å².